The Morgan fingerprint density at radius 3 is 2.61 bits per heavy atom. The van der Waals surface area contributed by atoms with Crippen LogP contribution in [0.1, 0.15) is 24.8 Å². The second kappa shape index (κ2) is 7.72. The maximum absolute atomic E-state index is 11.7. The molecule has 0 amide bonds. The molecule has 2 nitrogen and oxygen atoms in total. The molecule has 1 aromatic carbocycles. The van der Waals surface area contributed by atoms with Crippen molar-refractivity contribution in [1.82, 2.24) is 0 Å². The maximum atomic E-state index is 11.7. The van der Waals surface area contributed by atoms with Gasteiger partial charge in [0.2, 0.25) is 0 Å². The highest BCUT2D eigenvalue weighted by molar-refractivity contribution is 6.50. The zero-order valence-corrected chi connectivity index (χ0v) is 11.2. The van der Waals surface area contributed by atoms with E-state index in [9.17, 15) is 4.79 Å². The van der Waals surface area contributed by atoms with Crippen molar-refractivity contribution in [3.05, 3.63) is 54.1 Å². The fourth-order valence-electron chi connectivity index (χ4n) is 1.61. The molecule has 3 heteroatoms. The molecule has 0 N–H and O–H groups in total. The van der Waals surface area contributed by atoms with Gasteiger partial charge in [0.05, 0.1) is 17.7 Å². The Bertz CT molecular complexity index is 435. The molecule has 0 saturated heterocycles. The molecule has 0 aliphatic carbocycles. The average Bonchev–Trinajstić information content (AvgIpc) is 2.43. The minimum atomic E-state index is -0.368. The van der Waals surface area contributed by atoms with Crippen molar-refractivity contribution in [2.24, 2.45) is 0 Å². The van der Waals surface area contributed by atoms with Gasteiger partial charge in [0.25, 0.3) is 0 Å². The topological polar surface area (TPSA) is 26.3 Å². The molecular formula is C15H17ClO2. The number of carbonyl (C=O) groups excluding carboxylic acids is 1. The first-order chi connectivity index (χ1) is 8.70. The number of halogens is 1. The second-order valence-electron chi connectivity index (χ2n) is 3.83. The number of hydrogen-bond acceptors (Lipinski definition) is 2. The van der Waals surface area contributed by atoms with E-state index in [-0.39, 0.29) is 5.97 Å². The lowest BCUT2D eigenvalue weighted by Crippen LogP contribution is -2.06. The Kier molecular flexibility index (Phi) is 6.23. The first kappa shape index (κ1) is 14.5. The summed E-state index contributed by atoms with van der Waals surface area (Å²) in [5.41, 5.74) is 1.35. The number of ether oxygens (including phenoxy) is 1. The monoisotopic (exact) mass is 264 g/mol. The number of methoxy groups -OCH3 is 1. The molecule has 1 aromatic rings. The summed E-state index contributed by atoms with van der Waals surface area (Å²) < 4.78 is 4.78. The number of hydrogen-bond donors (Lipinski definition) is 0. The normalized spacial score (nSPS) is 11.7. The Labute approximate surface area is 113 Å². The summed E-state index contributed by atoms with van der Waals surface area (Å²) in [4.78, 5) is 11.7. The Balaban J connectivity index is 2.99. The zero-order valence-electron chi connectivity index (χ0n) is 10.5. The standard InChI is InChI=1S/C15H17ClO2/c1-3-4-6-11-13(15(17)18-2)14(16)12-9-7-5-8-10-12/h3,5,7-10H,1,4,6,11H2,2H3/b14-13-. The van der Waals surface area contributed by atoms with Crippen molar-refractivity contribution in [1.29, 1.82) is 0 Å². The van der Waals surface area contributed by atoms with Gasteiger partial charge < -0.3 is 4.74 Å². The lowest BCUT2D eigenvalue weighted by atomic mass is 10.0. The van der Waals surface area contributed by atoms with E-state index in [1.165, 1.54) is 7.11 Å². The first-order valence-electron chi connectivity index (χ1n) is 5.84. The molecule has 0 heterocycles. The molecule has 1 rings (SSSR count). The van der Waals surface area contributed by atoms with Crippen LogP contribution in [0.15, 0.2) is 48.6 Å². The van der Waals surface area contributed by atoms with E-state index in [0.29, 0.717) is 17.0 Å². The zero-order chi connectivity index (χ0) is 13.4. The highest BCUT2D eigenvalue weighted by atomic mass is 35.5. The van der Waals surface area contributed by atoms with Gasteiger partial charge in [-0.15, -0.1) is 6.58 Å². The van der Waals surface area contributed by atoms with Crippen LogP contribution in [-0.4, -0.2) is 13.1 Å². The van der Waals surface area contributed by atoms with Crippen molar-refractivity contribution in [2.75, 3.05) is 7.11 Å². The van der Waals surface area contributed by atoms with Gasteiger partial charge in [-0.3, -0.25) is 0 Å². The average molecular weight is 265 g/mol. The van der Waals surface area contributed by atoms with Crippen LogP contribution in [0.2, 0.25) is 0 Å². The van der Waals surface area contributed by atoms with Gasteiger partial charge in [0, 0.05) is 0 Å². The van der Waals surface area contributed by atoms with Gasteiger partial charge in [-0.25, -0.2) is 4.79 Å². The summed E-state index contributed by atoms with van der Waals surface area (Å²) in [6, 6.07) is 9.42. The minimum absolute atomic E-state index is 0.368. The number of allylic oxidation sites excluding steroid dienone is 1. The Morgan fingerprint density at radius 2 is 2.06 bits per heavy atom. The molecule has 0 atom stereocenters. The summed E-state index contributed by atoms with van der Waals surface area (Å²) in [5, 5.41) is 0.464. The van der Waals surface area contributed by atoms with Gasteiger partial charge in [-0.05, 0) is 24.8 Å². The van der Waals surface area contributed by atoms with Crippen molar-refractivity contribution < 1.29 is 9.53 Å². The lowest BCUT2D eigenvalue weighted by molar-refractivity contribution is -0.136. The first-order valence-corrected chi connectivity index (χ1v) is 6.21. The molecule has 0 radical (unpaired) electrons. The third-order valence-electron chi connectivity index (χ3n) is 2.56. The third kappa shape index (κ3) is 4.04. The van der Waals surface area contributed by atoms with E-state index in [1.807, 2.05) is 36.4 Å². The number of benzene rings is 1. The van der Waals surface area contributed by atoms with Crippen LogP contribution >= 0.6 is 11.6 Å². The fourth-order valence-corrected chi connectivity index (χ4v) is 1.90. The SMILES string of the molecule is C=CCCC/C(C(=O)OC)=C(/Cl)c1ccccc1. The van der Waals surface area contributed by atoms with E-state index in [0.717, 1.165) is 18.4 Å². The molecule has 0 bridgehead atoms. The summed E-state index contributed by atoms with van der Waals surface area (Å²) in [5.74, 6) is -0.368. The van der Waals surface area contributed by atoms with Crippen LogP contribution < -0.4 is 0 Å². The van der Waals surface area contributed by atoms with Crippen LogP contribution in [0, 0.1) is 0 Å². The molecule has 96 valence electrons. The van der Waals surface area contributed by atoms with Crippen molar-refractivity contribution in [3.63, 3.8) is 0 Å². The van der Waals surface area contributed by atoms with E-state index < -0.39 is 0 Å². The summed E-state index contributed by atoms with van der Waals surface area (Å²) in [6.07, 6.45) is 4.09. The maximum Gasteiger partial charge on any atom is 0.335 e. The molecule has 0 fully saturated rings. The Hall–Kier alpha value is -1.54. The molecule has 0 saturated carbocycles. The van der Waals surface area contributed by atoms with E-state index in [2.05, 4.69) is 6.58 Å². The largest absolute Gasteiger partial charge is 0.466 e. The van der Waals surface area contributed by atoms with Crippen molar-refractivity contribution in [2.45, 2.75) is 19.3 Å². The third-order valence-corrected chi connectivity index (χ3v) is 3.01. The van der Waals surface area contributed by atoms with Crippen LogP contribution in [0.4, 0.5) is 0 Å². The van der Waals surface area contributed by atoms with Gasteiger partial charge >= 0.3 is 5.97 Å². The van der Waals surface area contributed by atoms with E-state index >= 15 is 0 Å². The smallest absolute Gasteiger partial charge is 0.335 e. The number of rotatable bonds is 6. The van der Waals surface area contributed by atoms with Crippen LogP contribution in [-0.2, 0) is 9.53 Å². The Morgan fingerprint density at radius 1 is 1.39 bits per heavy atom. The van der Waals surface area contributed by atoms with Crippen LogP contribution in [0.3, 0.4) is 0 Å². The van der Waals surface area contributed by atoms with Gasteiger partial charge in [-0.2, -0.15) is 0 Å². The summed E-state index contributed by atoms with van der Waals surface area (Å²) >= 11 is 6.28. The molecular weight excluding hydrogens is 248 g/mol. The van der Waals surface area contributed by atoms with E-state index in [4.69, 9.17) is 16.3 Å². The molecule has 0 aromatic heterocycles. The number of esters is 1. The van der Waals surface area contributed by atoms with Gasteiger partial charge in [-0.1, -0.05) is 48.0 Å². The quantitative estimate of drug-likeness (QED) is 0.334. The molecule has 0 aliphatic rings. The fraction of sp³-hybridized carbons (Fsp3) is 0.267. The van der Waals surface area contributed by atoms with Crippen LogP contribution in [0.5, 0.6) is 0 Å². The predicted molar refractivity (Wildman–Crippen MR) is 75.3 cm³/mol. The van der Waals surface area contributed by atoms with Crippen molar-refractivity contribution >= 4 is 22.6 Å². The van der Waals surface area contributed by atoms with Crippen molar-refractivity contribution in [3.8, 4) is 0 Å². The number of carbonyl (C=O) groups is 1. The predicted octanol–water partition coefficient (Wildman–Crippen LogP) is 4.17. The molecule has 0 unspecified atom stereocenters. The molecule has 0 spiro atoms. The summed E-state index contributed by atoms with van der Waals surface area (Å²) in [6.45, 7) is 3.66. The highest BCUT2D eigenvalue weighted by Gasteiger charge is 2.15. The van der Waals surface area contributed by atoms with E-state index in [1.54, 1.807) is 0 Å². The summed E-state index contributed by atoms with van der Waals surface area (Å²) in [7, 11) is 1.37. The lowest BCUT2D eigenvalue weighted by Gasteiger charge is -2.08. The second-order valence-corrected chi connectivity index (χ2v) is 4.21. The van der Waals surface area contributed by atoms with Gasteiger partial charge in [0.1, 0.15) is 0 Å². The highest BCUT2D eigenvalue weighted by Crippen LogP contribution is 2.26. The molecule has 18 heavy (non-hydrogen) atoms. The number of unbranched alkanes of at least 4 members (excludes halogenated alkanes) is 1. The van der Waals surface area contributed by atoms with Crippen LogP contribution in [0.25, 0.3) is 5.03 Å². The van der Waals surface area contributed by atoms with Gasteiger partial charge in [0.15, 0.2) is 0 Å². The minimum Gasteiger partial charge on any atom is -0.466 e. The molecule has 0 aliphatic heterocycles.